The molecule has 1 saturated heterocycles. The molecule has 0 radical (unpaired) electrons. The lowest BCUT2D eigenvalue weighted by Crippen LogP contribution is -2.34. The van der Waals surface area contributed by atoms with Crippen molar-refractivity contribution in [2.45, 2.75) is 26.3 Å². The van der Waals surface area contributed by atoms with Crippen molar-refractivity contribution >= 4 is 11.0 Å². The average Bonchev–Trinajstić information content (AvgIpc) is 3.00. The molecular formula is C18H21N5O. The van der Waals surface area contributed by atoms with E-state index in [1.165, 1.54) is 12.8 Å². The van der Waals surface area contributed by atoms with Gasteiger partial charge in [-0.15, -0.1) is 0 Å². The maximum absolute atomic E-state index is 12.4. The number of nitrogens with one attached hydrogen (secondary N) is 1. The predicted molar refractivity (Wildman–Crippen MR) is 93.2 cm³/mol. The van der Waals surface area contributed by atoms with Crippen molar-refractivity contribution in [1.82, 2.24) is 24.6 Å². The van der Waals surface area contributed by atoms with Gasteiger partial charge in [-0.1, -0.05) is 25.1 Å². The fraction of sp³-hybridized carbons (Fsp3) is 0.389. The number of fused-ring (bicyclic) bond motifs is 1. The average molecular weight is 323 g/mol. The van der Waals surface area contributed by atoms with Crippen molar-refractivity contribution in [2.75, 3.05) is 13.1 Å². The number of aromatic amines is 1. The maximum atomic E-state index is 12.4. The number of hydrogen-bond donors (Lipinski definition) is 1. The molecular weight excluding hydrogens is 302 g/mol. The third kappa shape index (κ3) is 2.85. The Balaban J connectivity index is 1.71. The zero-order valence-corrected chi connectivity index (χ0v) is 13.8. The topological polar surface area (TPSA) is 66.8 Å². The first-order valence-electron chi connectivity index (χ1n) is 8.45. The number of aromatic nitrogens is 4. The van der Waals surface area contributed by atoms with Crippen LogP contribution < -0.4 is 5.56 Å². The minimum atomic E-state index is -0.123. The van der Waals surface area contributed by atoms with E-state index in [1.54, 1.807) is 10.9 Å². The molecule has 6 heteroatoms. The first-order valence-corrected chi connectivity index (χ1v) is 8.45. The fourth-order valence-corrected chi connectivity index (χ4v) is 3.44. The molecule has 124 valence electrons. The van der Waals surface area contributed by atoms with E-state index >= 15 is 0 Å². The maximum Gasteiger partial charge on any atom is 0.262 e. The molecule has 0 unspecified atom stereocenters. The number of likely N-dealkylation sites (tertiary alicyclic amines) is 1. The Morgan fingerprint density at radius 1 is 1.29 bits per heavy atom. The number of piperidine rings is 1. The molecule has 6 nitrogen and oxygen atoms in total. The van der Waals surface area contributed by atoms with Crippen LogP contribution in [0, 0.1) is 5.92 Å². The summed E-state index contributed by atoms with van der Waals surface area (Å²) >= 11 is 0. The minimum absolute atomic E-state index is 0.123. The molecule has 3 heterocycles. The minimum Gasteiger partial charge on any atom is -0.309 e. The molecule has 24 heavy (non-hydrogen) atoms. The van der Waals surface area contributed by atoms with Crippen molar-refractivity contribution in [3.63, 3.8) is 0 Å². The van der Waals surface area contributed by atoms with Gasteiger partial charge in [-0.2, -0.15) is 5.10 Å². The molecule has 0 spiro atoms. The lowest BCUT2D eigenvalue weighted by Gasteiger charge is -2.30. The summed E-state index contributed by atoms with van der Waals surface area (Å²) in [6, 6.07) is 9.78. The number of para-hydroxylation sites is 1. The number of hydrogen-bond acceptors (Lipinski definition) is 4. The van der Waals surface area contributed by atoms with Crippen molar-refractivity contribution in [3.8, 4) is 5.69 Å². The summed E-state index contributed by atoms with van der Waals surface area (Å²) in [5.41, 5.74) is 1.40. The summed E-state index contributed by atoms with van der Waals surface area (Å²) < 4.78 is 1.73. The Hall–Kier alpha value is -2.47. The normalized spacial score (nSPS) is 19.0. The molecule has 1 N–H and O–H groups in total. The van der Waals surface area contributed by atoms with Gasteiger partial charge in [0.25, 0.3) is 5.56 Å². The van der Waals surface area contributed by atoms with Gasteiger partial charge in [0, 0.05) is 6.54 Å². The van der Waals surface area contributed by atoms with E-state index in [2.05, 4.69) is 21.9 Å². The SMILES string of the molecule is C[C@@H]1CCCN(Cc2nc3c(cnn3-c3ccccc3)c(=O)[nH]2)C1. The quantitative estimate of drug-likeness (QED) is 0.803. The zero-order valence-electron chi connectivity index (χ0n) is 13.8. The van der Waals surface area contributed by atoms with Gasteiger partial charge in [0.2, 0.25) is 0 Å². The van der Waals surface area contributed by atoms with Gasteiger partial charge in [-0.05, 0) is 37.4 Å². The van der Waals surface area contributed by atoms with Gasteiger partial charge in [-0.3, -0.25) is 9.69 Å². The van der Waals surface area contributed by atoms with Crippen LogP contribution in [-0.4, -0.2) is 37.7 Å². The highest BCUT2D eigenvalue weighted by Crippen LogP contribution is 2.18. The summed E-state index contributed by atoms with van der Waals surface area (Å²) in [5, 5.41) is 4.87. The molecule has 1 aliphatic rings. The third-order valence-corrected chi connectivity index (χ3v) is 4.60. The molecule has 1 aliphatic heterocycles. The summed E-state index contributed by atoms with van der Waals surface area (Å²) in [4.78, 5) is 22.4. The second-order valence-corrected chi connectivity index (χ2v) is 6.62. The standard InChI is InChI=1S/C18H21N5O/c1-13-6-5-9-22(11-13)12-16-20-17-15(18(24)21-16)10-19-23(17)14-7-3-2-4-8-14/h2-4,7-8,10,13H,5-6,9,11-12H2,1H3,(H,20,21,24)/t13-/m1/s1. The lowest BCUT2D eigenvalue weighted by molar-refractivity contribution is 0.173. The van der Waals surface area contributed by atoms with E-state index in [-0.39, 0.29) is 5.56 Å². The van der Waals surface area contributed by atoms with Gasteiger partial charge in [-0.25, -0.2) is 9.67 Å². The Kier molecular flexibility index (Phi) is 3.90. The van der Waals surface area contributed by atoms with Crippen LogP contribution in [-0.2, 0) is 6.54 Å². The molecule has 3 aromatic rings. The highest BCUT2D eigenvalue weighted by Gasteiger charge is 2.18. The van der Waals surface area contributed by atoms with Crippen molar-refractivity contribution in [2.24, 2.45) is 5.92 Å². The Morgan fingerprint density at radius 2 is 2.12 bits per heavy atom. The number of benzene rings is 1. The molecule has 4 rings (SSSR count). The molecule has 0 bridgehead atoms. The van der Waals surface area contributed by atoms with Gasteiger partial charge < -0.3 is 4.98 Å². The van der Waals surface area contributed by atoms with Crippen LogP contribution in [0.1, 0.15) is 25.6 Å². The van der Waals surface area contributed by atoms with Gasteiger partial charge in [0.1, 0.15) is 11.2 Å². The van der Waals surface area contributed by atoms with Crippen molar-refractivity contribution < 1.29 is 0 Å². The van der Waals surface area contributed by atoms with Crippen LogP contribution in [0.25, 0.3) is 16.7 Å². The highest BCUT2D eigenvalue weighted by molar-refractivity contribution is 5.75. The van der Waals surface area contributed by atoms with E-state index in [0.717, 1.165) is 18.8 Å². The molecule has 1 fully saturated rings. The number of nitrogens with zero attached hydrogens (tertiary/aromatic N) is 4. The van der Waals surface area contributed by atoms with Gasteiger partial charge in [0.05, 0.1) is 18.4 Å². The van der Waals surface area contributed by atoms with E-state index in [0.29, 0.717) is 29.3 Å². The van der Waals surface area contributed by atoms with Gasteiger partial charge in [0.15, 0.2) is 5.65 Å². The highest BCUT2D eigenvalue weighted by atomic mass is 16.1. The molecule has 1 aromatic carbocycles. The van der Waals surface area contributed by atoms with Crippen LogP contribution in [0.3, 0.4) is 0 Å². The Bertz CT molecular complexity index is 899. The summed E-state index contributed by atoms with van der Waals surface area (Å²) in [5.74, 6) is 1.41. The largest absolute Gasteiger partial charge is 0.309 e. The third-order valence-electron chi connectivity index (χ3n) is 4.60. The Morgan fingerprint density at radius 3 is 2.92 bits per heavy atom. The summed E-state index contributed by atoms with van der Waals surface area (Å²) in [7, 11) is 0. The molecule has 1 atom stereocenters. The van der Waals surface area contributed by atoms with E-state index < -0.39 is 0 Å². The van der Waals surface area contributed by atoms with Gasteiger partial charge >= 0.3 is 0 Å². The van der Waals surface area contributed by atoms with Crippen LogP contribution in [0.5, 0.6) is 0 Å². The van der Waals surface area contributed by atoms with Crippen molar-refractivity contribution in [3.05, 3.63) is 52.7 Å². The van der Waals surface area contributed by atoms with Crippen LogP contribution in [0.2, 0.25) is 0 Å². The number of rotatable bonds is 3. The van der Waals surface area contributed by atoms with Crippen LogP contribution >= 0.6 is 0 Å². The first kappa shape index (κ1) is 15.1. The summed E-state index contributed by atoms with van der Waals surface area (Å²) in [6.45, 7) is 5.06. The predicted octanol–water partition coefficient (Wildman–Crippen LogP) is 2.34. The smallest absolute Gasteiger partial charge is 0.262 e. The zero-order chi connectivity index (χ0) is 16.5. The molecule has 0 amide bonds. The van der Waals surface area contributed by atoms with Crippen LogP contribution in [0.4, 0.5) is 0 Å². The van der Waals surface area contributed by atoms with Crippen LogP contribution in [0.15, 0.2) is 41.3 Å². The molecule has 0 aliphatic carbocycles. The first-order chi connectivity index (χ1) is 11.7. The van der Waals surface area contributed by atoms with E-state index in [4.69, 9.17) is 4.98 Å². The monoisotopic (exact) mass is 323 g/mol. The molecule has 2 aromatic heterocycles. The number of H-pyrrole nitrogens is 1. The second-order valence-electron chi connectivity index (χ2n) is 6.62. The van der Waals surface area contributed by atoms with E-state index in [1.807, 2.05) is 30.3 Å². The lowest BCUT2D eigenvalue weighted by atomic mass is 10.0. The van der Waals surface area contributed by atoms with E-state index in [9.17, 15) is 4.79 Å². The summed E-state index contributed by atoms with van der Waals surface area (Å²) in [6.07, 6.45) is 4.07. The Labute approximate surface area is 140 Å². The molecule has 0 saturated carbocycles. The van der Waals surface area contributed by atoms with Crippen molar-refractivity contribution in [1.29, 1.82) is 0 Å². The fourth-order valence-electron chi connectivity index (χ4n) is 3.44. The second kappa shape index (κ2) is 6.20.